The number of ether oxygens (including phenoxy) is 13. The van der Waals surface area contributed by atoms with Gasteiger partial charge in [0.05, 0.1) is 158 Å². The van der Waals surface area contributed by atoms with Crippen LogP contribution in [0.5, 0.6) is 0 Å². The van der Waals surface area contributed by atoms with Gasteiger partial charge >= 0.3 is 5.97 Å². The molecular formula is C43H79NO14. The maximum Gasteiger partial charge on any atom is 0.338 e. The van der Waals surface area contributed by atoms with Crippen molar-refractivity contribution in [2.45, 2.75) is 65.2 Å². The van der Waals surface area contributed by atoms with Gasteiger partial charge in [-0.2, -0.15) is 0 Å². The first-order valence-electron chi connectivity index (χ1n) is 21.7. The van der Waals surface area contributed by atoms with Crippen LogP contribution in [-0.2, 0) is 61.6 Å². The van der Waals surface area contributed by atoms with Crippen molar-refractivity contribution >= 4 is 11.7 Å². The van der Waals surface area contributed by atoms with Gasteiger partial charge in [0.2, 0.25) is 0 Å². The molecule has 0 aliphatic heterocycles. The van der Waals surface area contributed by atoms with Gasteiger partial charge in [-0.25, -0.2) is 4.79 Å². The number of benzene rings is 1. The van der Waals surface area contributed by atoms with Crippen LogP contribution < -0.4 is 5.32 Å². The Bertz CT molecular complexity index is 962. The Morgan fingerprint density at radius 1 is 0.362 bits per heavy atom. The van der Waals surface area contributed by atoms with Crippen LogP contribution in [0.4, 0.5) is 5.69 Å². The molecule has 0 spiro atoms. The molecule has 0 unspecified atom stereocenters. The fourth-order valence-corrected chi connectivity index (χ4v) is 4.92. The van der Waals surface area contributed by atoms with Crippen molar-refractivity contribution in [3.8, 4) is 0 Å². The van der Waals surface area contributed by atoms with Gasteiger partial charge in [0, 0.05) is 18.8 Å². The van der Waals surface area contributed by atoms with E-state index >= 15 is 0 Å². The molecule has 0 aromatic heterocycles. The van der Waals surface area contributed by atoms with Crippen molar-refractivity contribution in [3.05, 3.63) is 29.8 Å². The summed E-state index contributed by atoms with van der Waals surface area (Å²) in [4.78, 5) is 12.1. The van der Waals surface area contributed by atoms with Crippen LogP contribution in [0.15, 0.2) is 24.3 Å². The van der Waals surface area contributed by atoms with E-state index in [4.69, 9.17) is 61.6 Å². The minimum atomic E-state index is -0.361. The molecule has 0 saturated carbocycles. The summed E-state index contributed by atoms with van der Waals surface area (Å²) in [6.45, 7) is 17.8. The number of esters is 1. The lowest BCUT2D eigenvalue weighted by atomic mass is 10.1. The minimum Gasteiger partial charge on any atom is -0.460 e. The lowest BCUT2D eigenvalue weighted by molar-refractivity contribution is -0.0288. The number of hydrogen-bond donors (Lipinski definition) is 1. The molecule has 1 N–H and O–H groups in total. The van der Waals surface area contributed by atoms with Crippen molar-refractivity contribution < 1.29 is 66.4 Å². The molecule has 15 nitrogen and oxygen atoms in total. The summed E-state index contributed by atoms with van der Waals surface area (Å²) in [5.74, 6) is -0.361. The molecule has 0 fully saturated rings. The minimum absolute atomic E-state index is 0.189. The second-order valence-corrected chi connectivity index (χ2v) is 13.1. The molecule has 0 saturated heterocycles. The van der Waals surface area contributed by atoms with E-state index in [-0.39, 0.29) is 12.6 Å². The molecule has 1 aromatic carbocycles. The van der Waals surface area contributed by atoms with Crippen molar-refractivity contribution in [1.29, 1.82) is 0 Å². The summed E-state index contributed by atoms with van der Waals surface area (Å²) >= 11 is 0. The highest BCUT2D eigenvalue weighted by Gasteiger charge is 2.07. The van der Waals surface area contributed by atoms with E-state index in [0.717, 1.165) is 38.1 Å². The number of hydrogen-bond acceptors (Lipinski definition) is 15. The Morgan fingerprint density at radius 2 is 0.655 bits per heavy atom. The van der Waals surface area contributed by atoms with E-state index in [1.165, 1.54) is 32.1 Å². The van der Waals surface area contributed by atoms with E-state index in [1.807, 2.05) is 12.1 Å². The molecule has 1 rings (SSSR count). The number of unbranched alkanes of at least 4 members (excludes halogenated alkanes) is 6. The standard InChI is InChI=1S/C43H79NO14/c1-3-5-7-8-9-10-16-46-17-18-47-19-20-48-21-22-49-23-24-50-25-26-51-27-28-52-29-30-53-31-32-54-33-34-55-35-36-56-37-38-57-39-40-58-43(45)41-11-13-42(14-12-41)44-15-6-4-2/h11-14,44H,3-10,15-40H2,1-2H3. The summed E-state index contributed by atoms with van der Waals surface area (Å²) < 4.78 is 71.4. The van der Waals surface area contributed by atoms with E-state index < -0.39 is 0 Å². The van der Waals surface area contributed by atoms with Crippen LogP contribution in [-0.4, -0.2) is 178 Å². The summed E-state index contributed by atoms with van der Waals surface area (Å²) in [6.07, 6.45) is 9.90. The van der Waals surface area contributed by atoms with E-state index in [1.54, 1.807) is 12.1 Å². The van der Waals surface area contributed by atoms with E-state index in [9.17, 15) is 4.79 Å². The average Bonchev–Trinajstić information content (AvgIpc) is 3.24. The SMILES string of the molecule is CCCCCCCCOCCOCCOCCOCCOCCOCCOCCOCCOCCOCCOCCOCCOC(=O)c1ccc(NCCCC)cc1. The van der Waals surface area contributed by atoms with Crippen LogP contribution in [0, 0.1) is 0 Å². The van der Waals surface area contributed by atoms with Gasteiger partial charge in [-0.15, -0.1) is 0 Å². The molecule has 0 amide bonds. The van der Waals surface area contributed by atoms with Crippen LogP contribution >= 0.6 is 0 Å². The predicted octanol–water partition coefficient (Wildman–Crippen LogP) is 5.62. The van der Waals surface area contributed by atoms with Gasteiger partial charge < -0.3 is 66.9 Å². The largest absolute Gasteiger partial charge is 0.460 e. The molecule has 0 atom stereocenters. The quantitative estimate of drug-likeness (QED) is 0.0640. The van der Waals surface area contributed by atoms with Gasteiger partial charge in [0.25, 0.3) is 0 Å². The average molecular weight is 834 g/mol. The topological polar surface area (TPSA) is 149 Å². The molecule has 1 aromatic rings. The summed E-state index contributed by atoms with van der Waals surface area (Å²) in [7, 11) is 0. The first kappa shape index (κ1) is 54.0. The highest BCUT2D eigenvalue weighted by molar-refractivity contribution is 5.89. The molecule has 0 heterocycles. The first-order chi connectivity index (χ1) is 28.8. The van der Waals surface area contributed by atoms with Crippen molar-refractivity contribution in [2.24, 2.45) is 0 Å². The monoisotopic (exact) mass is 834 g/mol. The molecule has 0 aliphatic rings. The third kappa shape index (κ3) is 39.5. The number of carbonyl (C=O) groups is 1. The molecular weight excluding hydrogens is 754 g/mol. The number of rotatable bonds is 48. The fourth-order valence-electron chi connectivity index (χ4n) is 4.92. The Hall–Kier alpha value is -1.99. The lowest BCUT2D eigenvalue weighted by Crippen LogP contribution is -2.16. The smallest absolute Gasteiger partial charge is 0.338 e. The van der Waals surface area contributed by atoms with Gasteiger partial charge in [0.15, 0.2) is 0 Å². The molecule has 58 heavy (non-hydrogen) atoms. The third-order valence-corrected chi connectivity index (χ3v) is 8.18. The Kier molecular flexibility index (Phi) is 42.9. The zero-order chi connectivity index (χ0) is 41.5. The molecule has 0 radical (unpaired) electrons. The Morgan fingerprint density at radius 3 is 1.00 bits per heavy atom. The molecule has 340 valence electrons. The van der Waals surface area contributed by atoms with Crippen molar-refractivity contribution in [3.63, 3.8) is 0 Å². The Labute approximate surface area is 349 Å². The lowest BCUT2D eigenvalue weighted by Gasteiger charge is -2.09. The molecule has 15 heteroatoms. The molecule has 0 aliphatic carbocycles. The first-order valence-corrected chi connectivity index (χ1v) is 21.7. The zero-order valence-electron chi connectivity index (χ0n) is 36.1. The molecule has 0 bridgehead atoms. The summed E-state index contributed by atoms with van der Waals surface area (Å²) in [5, 5.41) is 3.32. The van der Waals surface area contributed by atoms with Crippen LogP contribution in [0.1, 0.15) is 75.6 Å². The van der Waals surface area contributed by atoms with Crippen molar-refractivity contribution in [2.75, 3.05) is 177 Å². The third-order valence-electron chi connectivity index (χ3n) is 8.18. The normalized spacial score (nSPS) is 11.4. The van der Waals surface area contributed by atoms with Crippen LogP contribution in [0.25, 0.3) is 0 Å². The van der Waals surface area contributed by atoms with Gasteiger partial charge in [-0.05, 0) is 37.1 Å². The zero-order valence-corrected chi connectivity index (χ0v) is 36.1. The second kappa shape index (κ2) is 46.1. The fraction of sp³-hybridized carbons (Fsp3) is 0.837. The number of nitrogens with one attached hydrogen (secondary N) is 1. The van der Waals surface area contributed by atoms with Gasteiger partial charge in [-0.3, -0.25) is 0 Å². The maximum absolute atomic E-state index is 12.1. The Balaban J connectivity index is 1.66. The highest BCUT2D eigenvalue weighted by Crippen LogP contribution is 2.11. The highest BCUT2D eigenvalue weighted by atomic mass is 16.6. The second-order valence-electron chi connectivity index (χ2n) is 13.1. The number of anilines is 1. The van der Waals surface area contributed by atoms with Gasteiger partial charge in [0.1, 0.15) is 6.61 Å². The van der Waals surface area contributed by atoms with Crippen molar-refractivity contribution in [1.82, 2.24) is 0 Å². The van der Waals surface area contributed by atoms with E-state index in [0.29, 0.717) is 158 Å². The van der Waals surface area contributed by atoms with Crippen LogP contribution in [0.3, 0.4) is 0 Å². The number of carbonyl (C=O) groups excluding carboxylic acids is 1. The maximum atomic E-state index is 12.1. The summed E-state index contributed by atoms with van der Waals surface area (Å²) in [6, 6.07) is 7.30. The predicted molar refractivity (Wildman–Crippen MR) is 223 cm³/mol. The van der Waals surface area contributed by atoms with Gasteiger partial charge in [-0.1, -0.05) is 52.4 Å². The summed E-state index contributed by atoms with van der Waals surface area (Å²) in [5.41, 5.74) is 1.51. The van der Waals surface area contributed by atoms with E-state index in [2.05, 4.69) is 19.2 Å². The van der Waals surface area contributed by atoms with Crippen LogP contribution in [0.2, 0.25) is 0 Å².